The Kier molecular flexibility index (Phi) is 21.9. The molecular weight excluding hydrogens is 984 g/mol. The van der Waals surface area contributed by atoms with Gasteiger partial charge in [0.1, 0.15) is 0 Å². The number of aliphatic imine (C=N–C) groups is 2. The van der Waals surface area contributed by atoms with E-state index in [0.717, 1.165) is 67.8 Å². The predicted octanol–water partition coefficient (Wildman–Crippen LogP) is 11.2. The monoisotopic (exact) mass is 1020 g/mol. The average molecular weight is 1020 g/mol. The van der Waals surface area contributed by atoms with Gasteiger partial charge in [0, 0.05) is 53.0 Å². The van der Waals surface area contributed by atoms with E-state index in [9.17, 15) is 0 Å². The van der Waals surface area contributed by atoms with Crippen LogP contribution in [0.5, 0.6) is 0 Å². The van der Waals surface area contributed by atoms with E-state index < -0.39 is 0 Å². The second-order valence-corrected chi connectivity index (χ2v) is 11.2. The van der Waals surface area contributed by atoms with Crippen LogP contribution in [0, 0.1) is 27.7 Å². The molecule has 4 aromatic heterocycles. The van der Waals surface area contributed by atoms with E-state index in [1.807, 2.05) is 85.2 Å². The fourth-order valence-corrected chi connectivity index (χ4v) is 5.56. The molecule has 51 heavy (non-hydrogen) atoms. The number of rotatable bonds is 8. The van der Waals surface area contributed by atoms with Crippen LogP contribution in [0.15, 0.2) is 119 Å². The molecule has 0 fully saturated rings. The van der Waals surface area contributed by atoms with Crippen molar-refractivity contribution in [2.45, 2.75) is 34.1 Å². The molecule has 0 bridgehead atoms. The maximum atomic E-state index is 4.99. The number of benzene rings is 2. The van der Waals surface area contributed by atoms with E-state index in [4.69, 9.17) is 20.0 Å². The zero-order chi connectivity index (χ0) is 31.2. The first-order valence-corrected chi connectivity index (χ1v) is 15.0. The van der Waals surface area contributed by atoms with Crippen LogP contribution in [0.4, 0.5) is 11.4 Å². The number of pyridine rings is 4. The second kappa shape index (κ2) is 23.1. The quantitative estimate of drug-likeness (QED) is 0.112. The molecule has 268 valence electrons. The molecule has 0 aliphatic carbocycles. The molecule has 0 atom stereocenters. The number of aryl methyl sites for hydroxylation is 4. The number of aromatic nitrogens is 4. The first-order chi connectivity index (χ1) is 21.9. The summed E-state index contributed by atoms with van der Waals surface area (Å²) in [6.07, 6.45) is 7.93. The van der Waals surface area contributed by atoms with Crippen LogP contribution in [-0.4, -0.2) is 32.4 Å². The van der Waals surface area contributed by atoms with Crippen LogP contribution >= 0.6 is 67.9 Å². The molecule has 12 heteroatoms. The fraction of sp³-hybridized carbons (Fsp3) is 0.128. The summed E-state index contributed by atoms with van der Waals surface area (Å²) in [5.74, 6) is 0. The minimum absolute atomic E-state index is 0. The average Bonchev–Trinajstić information content (AvgIpc) is 3.05. The normalized spacial score (nSPS) is 10.1. The van der Waals surface area contributed by atoms with Gasteiger partial charge >= 0.3 is 0 Å². The van der Waals surface area contributed by atoms with Crippen molar-refractivity contribution in [3.63, 3.8) is 0 Å². The summed E-state index contributed by atoms with van der Waals surface area (Å²) in [5.41, 5.74) is 13.7. The zero-order valence-corrected chi connectivity index (χ0v) is 37.3. The van der Waals surface area contributed by atoms with Gasteiger partial charge in [0.15, 0.2) is 0 Å². The van der Waals surface area contributed by atoms with Gasteiger partial charge in [-0.15, -0.1) is 67.9 Å². The SMILES string of the molecule is Br.Br.Br.Br.Cc1cc(C)c(N=Cc2cccc(-c3ccccn3)n2)c(Cc2cc(C)cc(C)c2N=Cc2cccc(-c3ccccn3)n2)c1.[Fe].[Fe]. The Morgan fingerprint density at radius 1 is 0.490 bits per heavy atom. The summed E-state index contributed by atoms with van der Waals surface area (Å²) < 4.78 is 0. The third-order valence-corrected chi connectivity index (χ3v) is 7.48. The maximum Gasteiger partial charge on any atom is 0.0894 e. The molecule has 0 unspecified atom stereocenters. The van der Waals surface area contributed by atoms with Crippen molar-refractivity contribution in [1.29, 1.82) is 0 Å². The Bertz CT molecular complexity index is 1900. The van der Waals surface area contributed by atoms with E-state index in [1.54, 1.807) is 12.4 Å². The largest absolute Gasteiger partial charge is 0.255 e. The first-order valence-electron chi connectivity index (χ1n) is 15.0. The summed E-state index contributed by atoms with van der Waals surface area (Å²) in [4.78, 5) is 28.5. The van der Waals surface area contributed by atoms with Gasteiger partial charge in [0.2, 0.25) is 0 Å². The summed E-state index contributed by atoms with van der Waals surface area (Å²) >= 11 is 0. The Hall–Kier alpha value is -2.66. The van der Waals surface area contributed by atoms with E-state index in [2.05, 4.69) is 61.9 Å². The molecule has 0 N–H and O–H groups in total. The fourth-order valence-electron chi connectivity index (χ4n) is 5.56. The smallest absolute Gasteiger partial charge is 0.0894 e. The molecular formula is C39H38Br4Fe2N6. The van der Waals surface area contributed by atoms with Gasteiger partial charge < -0.3 is 0 Å². The second-order valence-electron chi connectivity index (χ2n) is 11.2. The summed E-state index contributed by atoms with van der Waals surface area (Å²) in [6, 6.07) is 32.3. The predicted molar refractivity (Wildman–Crippen MR) is 225 cm³/mol. The van der Waals surface area contributed by atoms with Crippen LogP contribution in [0.25, 0.3) is 22.8 Å². The van der Waals surface area contributed by atoms with Crippen LogP contribution < -0.4 is 0 Å². The molecule has 0 amide bonds. The molecule has 0 saturated carbocycles. The Morgan fingerprint density at radius 3 is 1.25 bits per heavy atom. The van der Waals surface area contributed by atoms with Gasteiger partial charge in [-0.25, -0.2) is 9.97 Å². The van der Waals surface area contributed by atoms with E-state index in [1.165, 1.54) is 11.1 Å². The van der Waals surface area contributed by atoms with Gasteiger partial charge in [-0.05, 0) is 98.5 Å². The van der Waals surface area contributed by atoms with E-state index in [0.29, 0.717) is 6.42 Å². The third kappa shape index (κ3) is 12.8. The van der Waals surface area contributed by atoms with Crippen LogP contribution in [0.2, 0.25) is 0 Å². The van der Waals surface area contributed by atoms with Crippen molar-refractivity contribution in [2.75, 3.05) is 0 Å². The first kappa shape index (κ1) is 48.3. The van der Waals surface area contributed by atoms with Crippen LogP contribution in [0.1, 0.15) is 44.8 Å². The van der Waals surface area contributed by atoms with Crippen molar-refractivity contribution in [3.05, 3.63) is 154 Å². The van der Waals surface area contributed by atoms with Crippen LogP contribution in [-0.2, 0) is 40.6 Å². The van der Waals surface area contributed by atoms with Crippen molar-refractivity contribution in [1.82, 2.24) is 19.9 Å². The van der Waals surface area contributed by atoms with Crippen molar-refractivity contribution >= 4 is 91.7 Å². The minimum Gasteiger partial charge on any atom is -0.255 e. The Balaban J connectivity index is 0.00000417. The van der Waals surface area contributed by atoms with Gasteiger partial charge in [0.05, 0.1) is 58.0 Å². The molecule has 0 saturated heterocycles. The molecule has 0 aliphatic rings. The van der Waals surface area contributed by atoms with Gasteiger partial charge in [-0.2, -0.15) is 0 Å². The molecule has 6 aromatic rings. The van der Waals surface area contributed by atoms with Crippen molar-refractivity contribution in [3.8, 4) is 22.8 Å². The molecule has 6 nitrogen and oxygen atoms in total. The Morgan fingerprint density at radius 2 is 0.882 bits per heavy atom. The zero-order valence-electron chi connectivity index (χ0n) is 28.3. The van der Waals surface area contributed by atoms with Crippen molar-refractivity contribution < 1.29 is 34.1 Å². The molecule has 4 heterocycles. The number of hydrogen-bond acceptors (Lipinski definition) is 6. The Labute approximate surface area is 363 Å². The van der Waals surface area contributed by atoms with E-state index >= 15 is 0 Å². The summed E-state index contributed by atoms with van der Waals surface area (Å²) in [5, 5.41) is 0. The standard InChI is InChI=1S/C39H34N6.4BrH.2Fe/c1-26-19-28(3)38(42-24-32-11-9-15-36(44-32)34-13-5-7-17-40-34)30(21-26)23-31-22-27(2)20-29(4)39(31)43-25-33-12-10-16-37(45-33)35-14-6-8-18-41-35;;;;;;/h5-22,24-25H,23H2,1-4H3;4*1H;;. The molecule has 0 aliphatic heterocycles. The van der Waals surface area contributed by atoms with E-state index in [-0.39, 0.29) is 102 Å². The van der Waals surface area contributed by atoms with Gasteiger partial charge in [-0.1, -0.05) is 59.7 Å². The molecule has 2 aromatic carbocycles. The minimum atomic E-state index is 0. The van der Waals surface area contributed by atoms with Gasteiger partial charge in [-0.3, -0.25) is 20.0 Å². The molecule has 0 spiro atoms. The molecule has 6 rings (SSSR count). The van der Waals surface area contributed by atoms with Crippen molar-refractivity contribution in [2.24, 2.45) is 9.98 Å². The number of halogens is 4. The number of nitrogens with zero attached hydrogens (tertiary/aromatic N) is 6. The van der Waals surface area contributed by atoms with Crippen LogP contribution in [0.3, 0.4) is 0 Å². The number of hydrogen-bond donors (Lipinski definition) is 0. The molecule has 0 radical (unpaired) electrons. The third-order valence-electron chi connectivity index (χ3n) is 7.48. The summed E-state index contributed by atoms with van der Waals surface area (Å²) in [7, 11) is 0. The maximum absolute atomic E-state index is 4.99. The summed E-state index contributed by atoms with van der Waals surface area (Å²) in [6.45, 7) is 8.48. The topological polar surface area (TPSA) is 76.3 Å². The van der Waals surface area contributed by atoms with Gasteiger partial charge in [0.25, 0.3) is 0 Å².